The van der Waals surface area contributed by atoms with Gasteiger partial charge in [-0.2, -0.15) is 0 Å². The Morgan fingerprint density at radius 3 is 2.35 bits per heavy atom. The molecule has 0 spiro atoms. The fraction of sp³-hybridized carbons (Fsp3) is 0.533. The average molecular weight is 299 g/mol. The van der Waals surface area contributed by atoms with Crippen molar-refractivity contribution in [1.29, 1.82) is 0 Å². The quantitative estimate of drug-likeness (QED) is 0.765. The van der Waals surface area contributed by atoms with Gasteiger partial charge in [0.2, 0.25) is 11.5 Å². The summed E-state index contributed by atoms with van der Waals surface area (Å²) >= 11 is 0. The van der Waals surface area contributed by atoms with Crippen LogP contribution in [0.4, 0.5) is 8.78 Å². The molecule has 1 rings (SSSR count). The van der Waals surface area contributed by atoms with Crippen LogP contribution in [0.15, 0.2) is 30.3 Å². The van der Waals surface area contributed by atoms with Gasteiger partial charge in [0.15, 0.2) is 0 Å². The number of halogens is 2. The summed E-state index contributed by atoms with van der Waals surface area (Å²) in [6, 6.07) is 9.76. The molecule has 0 unspecified atom stereocenters. The first-order valence-electron chi connectivity index (χ1n) is 6.91. The first-order valence-corrected chi connectivity index (χ1v) is 10.4. The molecule has 20 heavy (non-hydrogen) atoms. The SMILES string of the molecule is C[Si](C)(C)C(F)(F)CCC(=O)NCCc1ccccc1. The first-order chi connectivity index (χ1) is 9.22. The second-order valence-corrected chi connectivity index (χ2v) is 11.3. The Morgan fingerprint density at radius 1 is 1.20 bits per heavy atom. The minimum atomic E-state index is -2.69. The number of rotatable bonds is 7. The zero-order chi connectivity index (χ0) is 15.2. The van der Waals surface area contributed by atoms with Crippen molar-refractivity contribution in [2.24, 2.45) is 0 Å². The molecule has 5 heteroatoms. The number of alkyl halides is 2. The van der Waals surface area contributed by atoms with Gasteiger partial charge in [0, 0.05) is 19.4 Å². The van der Waals surface area contributed by atoms with Crippen molar-refractivity contribution in [3.05, 3.63) is 35.9 Å². The highest BCUT2D eigenvalue weighted by Crippen LogP contribution is 2.31. The summed E-state index contributed by atoms with van der Waals surface area (Å²) in [6.07, 6.45) is 0.267. The lowest BCUT2D eigenvalue weighted by atomic mass is 10.1. The fourth-order valence-corrected chi connectivity index (χ4v) is 2.60. The van der Waals surface area contributed by atoms with E-state index < -0.39 is 13.6 Å². The third kappa shape index (κ3) is 5.41. The van der Waals surface area contributed by atoms with Gasteiger partial charge in [0.1, 0.15) is 8.07 Å². The number of hydrogen-bond acceptors (Lipinski definition) is 1. The lowest BCUT2D eigenvalue weighted by Gasteiger charge is -2.28. The molecule has 0 aliphatic heterocycles. The van der Waals surface area contributed by atoms with Crippen LogP contribution in [0.3, 0.4) is 0 Å². The van der Waals surface area contributed by atoms with E-state index in [4.69, 9.17) is 0 Å². The van der Waals surface area contributed by atoms with E-state index in [-0.39, 0.29) is 18.7 Å². The summed E-state index contributed by atoms with van der Waals surface area (Å²) in [5, 5.41) is 2.70. The molecule has 0 atom stereocenters. The smallest absolute Gasteiger partial charge is 0.229 e. The second-order valence-electron chi connectivity index (χ2n) is 6.04. The summed E-state index contributed by atoms with van der Waals surface area (Å²) in [7, 11) is -2.55. The maximum absolute atomic E-state index is 13.8. The lowest BCUT2D eigenvalue weighted by Crippen LogP contribution is -2.45. The average Bonchev–Trinajstić information content (AvgIpc) is 2.36. The van der Waals surface area contributed by atoms with E-state index in [1.165, 1.54) is 0 Å². The Kier molecular flexibility index (Phi) is 5.86. The van der Waals surface area contributed by atoms with Crippen LogP contribution in [0, 0.1) is 0 Å². The predicted molar refractivity (Wildman–Crippen MR) is 80.7 cm³/mol. The molecule has 1 aromatic rings. The number of carbonyl (C=O) groups excluding carboxylic acids is 1. The molecule has 1 N–H and O–H groups in total. The Labute approximate surface area is 120 Å². The number of hydrogen-bond donors (Lipinski definition) is 1. The third-order valence-corrected chi connectivity index (χ3v) is 5.79. The summed E-state index contributed by atoms with van der Waals surface area (Å²) in [5.41, 5.74) is -1.57. The van der Waals surface area contributed by atoms with Crippen LogP contribution in [0.5, 0.6) is 0 Å². The van der Waals surface area contributed by atoms with Crippen molar-refractivity contribution in [3.63, 3.8) is 0 Å². The molecule has 0 aliphatic rings. The van der Waals surface area contributed by atoms with E-state index in [1.807, 2.05) is 30.3 Å². The molecule has 0 radical (unpaired) electrons. The zero-order valence-electron chi connectivity index (χ0n) is 12.4. The standard InChI is InChI=1S/C15H23F2NOSi/c1-20(2,3)15(16,17)11-9-14(19)18-12-10-13-7-5-4-6-8-13/h4-8H,9-12H2,1-3H3,(H,18,19). The van der Waals surface area contributed by atoms with Crippen molar-refractivity contribution in [2.45, 2.75) is 44.4 Å². The molecule has 0 saturated heterocycles. The van der Waals surface area contributed by atoms with Crippen molar-refractivity contribution >= 4 is 14.0 Å². The number of carbonyl (C=O) groups is 1. The predicted octanol–water partition coefficient (Wildman–Crippen LogP) is 3.64. The van der Waals surface area contributed by atoms with E-state index in [9.17, 15) is 13.6 Å². The number of nitrogens with one attached hydrogen (secondary N) is 1. The van der Waals surface area contributed by atoms with E-state index >= 15 is 0 Å². The fourth-order valence-electron chi connectivity index (χ4n) is 1.72. The van der Waals surface area contributed by atoms with Crippen LogP contribution in [0.1, 0.15) is 18.4 Å². The van der Waals surface area contributed by atoms with Crippen LogP contribution >= 0.6 is 0 Å². The van der Waals surface area contributed by atoms with Gasteiger partial charge < -0.3 is 5.32 Å². The summed E-state index contributed by atoms with van der Waals surface area (Å²) < 4.78 is 27.5. The topological polar surface area (TPSA) is 29.1 Å². The molecular weight excluding hydrogens is 276 g/mol. The normalized spacial score (nSPS) is 12.2. The molecule has 0 heterocycles. The van der Waals surface area contributed by atoms with Gasteiger partial charge in [-0.05, 0) is 12.0 Å². The summed E-state index contributed by atoms with van der Waals surface area (Å²) in [4.78, 5) is 11.6. The molecule has 2 nitrogen and oxygen atoms in total. The summed E-state index contributed by atoms with van der Waals surface area (Å²) in [6.45, 7) is 5.36. The maximum Gasteiger partial charge on any atom is 0.229 e. The van der Waals surface area contributed by atoms with Crippen molar-refractivity contribution in [1.82, 2.24) is 5.32 Å². The van der Waals surface area contributed by atoms with Crippen LogP contribution in [0.2, 0.25) is 19.6 Å². The van der Waals surface area contributed by atoms with Gasteiger partial charge in [-0.25, -0.2) is 8.78 Å². The van der Waals surface area contributed by atoms with Crippen LogP contribution in [-0.2, 0) is 11.2 Å². The van der Waals surface area contributed by atoms with Gasteiger partial charge in [-0.3, -0.25) is 4.79 Å². The van der Waals surface area contributed by atoms with E-state index in [0.717, 1.165) is 12.0 Å². The second kappa shape index (κ2) is 6.97. The minimum absolute atomic E-state index is 0.105. The minimum Gasteiger partial charge on any atom is -0.356 e. The van der Waals surface area contributed by atoms with Crippen LogP contribution in [0.25, 0.3) is 0 Å². The molecule has 0 fully saturated rings. The van der Waals surface area contributed by atoms with Gasteiger partial charge in [-0.1, -0.05) is 50.0 Å². The van der Waals surface area contributed by atoms with Gasteiger partial charge in [0.05, 0.1) is 0 Å². The van der Waals surface area contributed by atoms with Crippen molar-refractivity contribution in [3.8, 4) is 0 Å². The lowest BCUT2D eigenvalue weighted by molar-refractivity contribution is -0.122. The van der Waals surface area contributed by atoms with Crippen LogP contribution < -0.4 is 5.32 Å². The molecule has 112 valence electrons. The largest absolute Gasteiger partial charge is 0.356 e. The highest BCUT2D eigenvalue weighted by Gasteiger charge is 2.44. The highest BCUT2D eigenvalue weighted by molar-refractivity contribution is 6.78. The Morgan fingerprint density at radius 2 is 1.80 bits per heavy atom. The molecule has 0 bridgehead atoms. The van der Waals surface area contributed by atoms with Gasteiger partial charge in [-0.15, -0.1) is 0 Å². The molecular formula is C15H23F2NOSi. The van der Waals surface area contributed by atoms with Crippen molar-refractivity contribution < 1.29 is 13.6 Å². The molecule has 1 aromatic carbocycles. The maximum atomic E-state index is 13.8. The van der Waals surface area contributed by atoms with Crippen LogP contribution in [-0.4, -0.2) is 26.1 Å². The van der Waals surface area contributed by atoms with E-state index in [1.54, 1.807) is 19.6 Å². The number of amides is 1. The van der Waals surface area contributed by atoms with Gasteiger partial charge in [0.25, 0.3) is 0 Å². The Bertz CT molecular complexity index is 429. The molecule has 0 aromatic heterocycles. The highest BCUT2D eigenvalue weighted by atomic mass is 28.3. The van der Waals surface area contributed by atoms with Gasteiger partial charge >= 0.3 is 0 Å². The summed E-state index contributed by atoms with van der Waals surface area (Å²) in [5.74, 6) is -0.293. The molecule has 1 amide bonds. The van der Waals surface area contributed by atoms with E-state index in [2.05, 4.69) is 5.32 Å². The Hall–Kier alpha value is -1.23. The number of benzene rings is 1. The first kappa shape index (κ1) is 16.8. The Balaban J connectivity index is 2.28. The third-order valence-electron chi connectivity index (χ3n) is 3.34. The molecule has 0 saturated carbocycles. The zero-order valence-corrected chi connectivity index (χ0v) is 13.4. The molecule has 0 aliphatic carbocycles. The van der Waals surface area contributed by atoms with E-state index in [0.29, 0.717) is 6.54 Å². The monoisotopic (exact) mass is 299 g/mol. The van der Waals surface area contributed by atoms with Crippen molar-refractivity contribution in [2.75, 3.05) is 6.54 Å².